The number of fused-ring (bicyclic) bond motifs is 1. The summed E-state index contributed by atoms with van der Waals surface area (Å²) < 4.78 is 5.53. The van der Waals surface area contributed by atoms with E-state index >= 15 is 0 Å². The van der Waals surface area contributed by atoms with Crippen LogP contribution in [-0.4, -0.2) is 64.7 Å². The van der Waals surface area contributed by atoms with E-state index in [9.17, 15) is 4.79 Å². The van der Waals surface area contributed by atoms with Crippen molar-refractivity contribution in [1.82, 2.24) is 19.8 Å². The maximum absolute atomic E-state index is 12.4. The van der Waals surface area contributed by atoms with Crippen molar-refractivity contribution in [1.29, 1.82) is 0 Å². The molecule has 6 nitrogen and oxygen atoms in total. The zero-order valence-corrected chi connectivity index (χ0v) is 18.2. The number of amides is 1. The topological polar surface area (TPSA) is 61.5 Å². The van der Waals surface area contributed by atoms with Crippen LogP contribution < -0.4 is 0 Å². The van der Waals surface area contributed by atoms with Gasteiger partial charge in [-0.25, -0.2) is 9.78 Å². The second kappa shape index (κ2) is 7.98. The van der Waals surface area contributed by atoms with Gasteiger partial charge in [0.25, 0.3) is 0 Å². The Morgan fingerprint density at radius 3 is 2.41 bits per heavy atom. The van der Waals surface area contributed by atoms with E-state index in [1.54, 1.807) is 0 Å². The molecule has 1 N–H and O–H groups in total. The van der Waals surface area contributed by atoms with Crippen molar-refractivity contribution < 1.29 is 9.53 Å². The predicted molar refractivity (Wildman–Crippen MR) is 115 cm³/mol. The number of hydrogen-bond acceptors (Lipinski definition) is 4. The molecular weight excluding hydrogens is 364 g/mol. The first-order valence-corrected chi connectivity index (χ1v) is 10.9. The highest BCUT2D eigenvalue weighted by molar-refractivity contribution is 5.81. The summed E-state index contributed by atoms with van der Waals surface area (Å²) >= 11 is 0. The van der Waals surface area contributed by atoms with Gasteiger partial charge in [0.1, 0.15) is 11.2 Å². The molecule has 0 saturated carbocycles. The second-order valence-electron chi connectivity index (χ2n) is 9.71. The molecule has 0 atom stereocenters. The standard InChI is InChI=1S/C23H34N4O2/c1-23(2,3)29-22(28)27-13-8-16(9-14-27)18-5-10-24-21-19(18)15-20(25-21)17-6-11-26(4)12-7-17/h5,10,15-17H,6-9,11-14H2,1-4H3,(H,24,25). The number of pyridine rings is 1. The minimum atomic E-state index is -0.444. The highest BCUT2D eigenvalue weighted by Crippen LogP contribution is 2.35. The largest absolute Gasteiger partial charge is 0.444 e. The monoisotopic (exact) mass is 398 g/mol. The number of ether oxygens (including phenoxy) is 1. The summed E-state index contributed by atoms with van der Waals surface area (Å²) in [6.07, 6.45) is 6.06. The number of carbonyl (C=O) groups excluding carboxylic acids is 1. The third-order valence-electron chi connectivity index (χ3n) is 6.33. The Morgan fingerprint density at radius 2 is 1.76 bits per heavy atom. The molecule has 6 heteroatoms. The van der Waals surface area contributed by atoms with Crippen molar-refractivity contribution in [2.75, 3.05) is 33.2 Å². The van der Waals surface area contributed by atoms with Gasteiger partial charge in [0.05, 0.1) is 0 Å². The minimum Gasteiger partial charge on any atom is -0.444 e. The lowest BCUT2D eigenvalue weighted by Crippen LogP contribution is -2.41. The maximum Gasteiger partial charge on any atom is 0.410 e. The SMILES string of the molecule is CN1CCC(c2cc3c(C4CCN(C(=O)OC(C)(C)C)CC4)ccnc3[nH]2)CC1. The van der Waals surface area contributed by atoms with E-state index in [0.717, 1.165) is 44.7 Å². The third-order valence-corrected chi connectivity index (χ3v) is 6.33. The normalized spacial score (nSPS) is 20.3. The number of aromatic nitrogens is 2. The maximum atomic E-state index is 12.4. The molecule has 158 valence electrons. The third kappa shape index (κ3) is 4.58. The predicted octanol–water partition coefficient (Wildman–Crippen LogP) is 4.49. The highest BCUT2D eigenvalue weighted by atomic mass is 16.6. The van der Waals surface area contributed by atoms with Crippen LogP contribution >= 0.6 is 0 Å². The number of hydrogen-bond donors (Lipinski definition) is 1. The lowest BCUT2D eigenvalue weighted by Gasteiger charge is -2.33. The molecular formula is C23H34N4O2. The van der Waals surface area contributed by atoms with Gasteiger partial charge in [-0.15, -0.1) is 0 Å². The van der Waals surface area contributed by atoms with Crippen molar-refractivity contribution >= 4 is 17.1 Å². The van der Waals surface area contributed by atoms with E-state index in [4.69, 9.17) is 4.74 Å². The van der Waals surface area contributed by atoms with Crippen LogP contribution in [0.4, 0.5) is 4.79 Å². The van der Waals surface area contributed by atoms with Gasteiger partial charge >= 0.3 is 6.09 Å². The Labute approximate surface area is 173 Å². The molecule has 4 heterocycles. The summed E-state index contributed by atoms with van der Waals surface area (Å²) in [4.78, 5) is 24.8. The molecule has 2 aromatic heterocycles. The molecule has 29 heavy (non-hydrogen) atoms. The number of carbonyl (C=O) groups is 1. The Morgan fingerprint density at radius 1 is 1.10 bits per heavy atom. The molecule has 2 aliphatic heterocycles. The number of likely N-dealkylation sites (tertiary alicyclic amines) is 2. The first-order valence-electron chi connectivity index (χ1n) is 10.9. The molecule has 0 spiro atoms. The summed E-state index contributed by atoms with van der Waals surface area (Å²) in [6.45, 7) is 9.55. The average Bonchev–Trinajstić information content (AvgIpc) is 3.11. The fraction of sp³-hybridized carbons (Fsp3) is 0.652. The number of piperidine rings is 2. The van der Waals surface area contributed by atoms with Crippen molar-refractivity contribution in [2.24, 2.45) is 0 Å². The summed E-state index contributed by atoms with van der Waals surface area (Å²) in [5.74, 6) is 1.06. The quantitative estimate of drug-likeness (QED) is 0.810. The van der Waals surface area contributed by atoms with E-state index in [1.165, 1.54) is 29.5 Å². The van der Waals surface area contributed by atoms with E-state index < -0.39 is 5.60 Å². The van der Waals surface area contributed by atoms with Gasteiger partial charge in [-0.3, -0.25) is 0 Å². The van der Waals surface area contributed by atoms with E-state index in [2.05, 4.69) is 34.0 Å². The van der Waals surface area contributed by atoms with Crippen LogP contribution in [0.1, 0.15) is 69.5 Å². The van der Waals surface area contributed by atoms with Crippen LogP contribution in [0.25, 0.3) is 11.0 Å². The van der Waals surface area contributed by atoms with Crippen LogP contribution in [0.2, 0.25) is 0 Å². The zero-order chi connectivity index (χ0) is 20.6. The molecule has 2 aromatic rings. The lowest BCUT2D eigenvalue weighted by atomic mass is 9.88. The van der Waals surface area contributed by atoms with Crippen LogP contribution in [0.3, 0.4) is 0 Å². The smallest absolute Gasteiger partial charge is 0.410 e. The first-order chi connectivity index (χ1) is 13.8. The number of rotatable bonds is 2. The molecule has 1 amide bonds. The Bertz CT molecular complexity index is 853. The summed E-state index contributed by atoms with van der Waals surface area (Å²) in [5.41, 5.74) is 3.26. The van der Waals surface area contributed by atoms with Gasteiger partial charge < -0.3 is 19.5 Å². The number of H-pyrrole nitrogens is 1. The molecule has 2 fully saturated rings. The van der Waals surface area contributed by atoms with E-state index in [0.29, 0.717) is 11.8 Å². The minimum absolute atomic E-state index is 0.193. The molecule has 2 aliphatic rings. The van der Waals surface area contributed by atoms with Crippen LogP contribution in [0, 0.1) is 0 Å². The van der Waals surface area contributed by atoms with Gasteiger partial charge in [-0.1, -0.05) is 0 Å². The summed E-state index contributed by atoms with van der Waals surface area (Å²) in [5, 5.41) is 1.26. The molecule has 0 aliphatic carbocycles. The van der Waals surface area contributed by atoms with Crippen molar-refractivity contribution in [2.45, 2.75) is 63.9 Å². The summed E-state index contributed by atoms with van der Waals surface area (Å²) in [6, 6.07) is 4.51. The molecule has 0 bridgehead atoms. The Hall–Kier alpha value is -2.08. The van der Waals surface area contributed by atoms with E-state index in [-0.39, 0.29) is 6.09 Å². The van der Waals surface area contributed by atoms with Gasteiger partial charge in [0.15, 0.2) is 0 Å². The highest BCUT2D eigenvalue weighted by Gasteiger charge is 2.29. The van der Waals surface area contributed by atoms with Crippen molar-refractivity contribution in [3.63, 3.8) is 0 Å². The molecule has 2 saturated heterocycles. The number of aromatic amines is 1. The fourth-order valence-corrected chi connectivity index (χ4v) is 4.66. The molecule has 0 radical (unpaired) electrons. The van der Waals surface area contributed by atoms with Crippen molar-refractivity contribution in [3.8, 4) is 0 Å². The first kappa shape index (κ1) is 20.2. The van der Waals surface area contributed by atoms with Gasteiger partial charge in [-0.05, 0) is 90.2 Å². The Kier molecular flexibility index (Phi) is 5.56. The molecule has 4 rings (SSSR count). The van der Waals surface area contributed by atoms with Crippen molar-refractivity contribution in [3.05, 3.63) is 29.6 Å². The van der Waals surface area contributed by atoms with Gasteiger partial charge in [0.2, 0.25) is 0 Å². The number of nitrogens with zero attached hydrogens (tertiary/aromatic N) is 3. The number of nitrogens with one attached hydrogen (secondary N) is 1. The van der Waals surface area contributed by atoms with Crippen LogP contribution in [0.5, 0.6) is 0 Å². The van der Waals surface area contributed by atoms with Crippen LogP contribution in [-0.2, 0) is 4.74 Å². The molecule has 0 unspecified atom stereocenters. The zero-order valence-electron chi connectivity index (χ0n) is 18.2. The van der Waals surface area contributed by atoms with Crippen LogP contribution in [0.15, 0.2) is 18.3 Å². The second-order valence-corrected chi connectivity index (χ2v) is 9.71. The molecule has 0 aromatic carbocycles. The van der Waals surface area contributed by atoms with Gasteiger partial charge in [-0.2, -0.15) is 0 Å². The van der Waals surface area contributed by atoms with Gasteiger partial charge in [0, 0.05) is 36.3 Å². The average molecular weight is 399 g/mol. The fourth-order valence-electron chi connectivity index (χ4n) is 4.66. The summed E-state index contributed by atoms with van der Waals surface area (Å²) in [7, 11) is 2.20. The lowest BCUT2D eigenvalue weighted by molar-refractivity contribution is 0.0205. The van der Waals surface area contributed by atoms with E-state index in [1.807, 2.05) is 31.9 Å². The Balaban J connectivity index is 1.47.